The molecule has 0 radical (unpaired) electrons. The number of primary amides is 1. The number of benzene rings is 1. The molecule has 2 rings (SSSR count). The van der Waals surface area contributed by atoms with Gasteiger partial charge in [0.1, 0.15) is 5.82 Å². The van der Waals surface area contributed by atoms with Crippen LogP contribution in [0.3, 0.4) is 0 Å². The lowest BCUT2D eigenvalue weighted by atomic mass is 10.2. The van der Waals surface area contributed by atoms with Crippen LogP contribution < -0.4 is 10.5 Å². The number of nitrogens with zero attached hydrogens (tertiary/aromatic N) is 1. The van der Waals surface area contributed by atoms with Gasteiger partial charge in [0, 0.05) is 5.56 Å². The number of aromatic nitrogens is 1. The number of halogens is 2. The number of amides is 1. The van der Waals surface area contributed by atoms with Crippen molar-refractivity contribution >= 4 is 44.6 Å². The van der Waals surface area contributed by atoms with Crippen LogP contribution in [-0.4, -0.2) is 19.3 Å². The molecule has 0 unspecified atom stereocenters. The molecule has 1 heterocycles. The Kier molecular flexibility index (Phi) is 3.93. The number of sulfonamides is 1. The molecule has 1 aromatic heterocycles. The number of rotatable bonds is 4. The minimum atomic E-state index is -4.03. The van der Waals surface area contributed by atoms with E-state index >= 15 is 0 Å². The van der Waals surface area contributed by atoms with E-state index in [1.807, 2.05) is 4.72 Å². The highest BCUT2D eigenvalue weighted by Gasteiger charge is 2.20. The summed E-state index contributed by atoms with van der Waals surface area (Å²) in [5.41, 5.74) is 4.64. The van der Waals surface area contributed by atoms with Crippen LogP contribution >= 0.6 is 22.9 Å². The van der Waals surface area contributed by atoms with E-state index in [0.717, 1.165) is 35.7 Å². The van der Waals surface area contributed by atoms with Gasteiger partial charge in [0.25, 0.3) is 10.0 Å². The number of anilines is 1. The molecule has 1 aromatic carbocycles. The van der Waals surface area contributed by atoms with Crippen molar-refractivity contribution in [3.63, 3.8) is 0 Å². The van der Waals surface area contributed by atoms with E-state index in [2.05, 4.69) is 4.98 Å². The Hall–Kier alpha value is -1.71. The molecule has 0 bridgehead atoms. The Bertz CT molecular complexity index is 776. The van der Waals surface area contributed by atoms with Gasteiger partial charge in [0.2, 0.25) is 5.91 Å². The molecule has 1 amide bonds. The highest BCUT2D eigenvalue weighted by atomic mass is 35.5. The minimum Gasteiger partial charge on any atom is -0.366 e. The summed E-state index contributed by atoms with van der Waals surface area (Å²) >= 11 is 6.27. The third-order valence-electron chi connectivity index (χ3n) is 2.22. The fraction of sp³-hybridized carbons (Fsp3) is 0. The second-order valence-corrected chi connectivity index (χ2v) is 7.12. The van der Waals surface area contributed by atoms with Crippen LogP contribution in [-0.2, 0) is 10.0 Å². The number of carbonyl (C=O) groups is 1. The van der Waals surface area contributed by atoms with E-state index in [4.69, 9.17) is 17.3 Å². The van der Waals surface area contributed by atoms with Crippen molar-refractivity contribution in [3.8, 4) is 0 Å². The van der Waals surface area contributed by atoms with Gasteiger partial charge >= 0.3 is 0 Å². The van der Waals surface area contributed by atoms with Crippen molar-refractivity contribution in [3.05, 3.63) is 40.2 Å². The third kappa shape index (κ3) is 3.06. The standard InChI is InChI=1S/C10H7ClFN3O3S2/c11-10-14-4-8(19-10)20(17,18)15-7-3-5(9(13)16)1-2-6(7)12/h1-4,15H,(H2,13,16). The van der Waals surface area contributed by atoms with Crippen molar-refractivity contribution in [2.75, 3.05) is 4.72 Å². The maximum Gasteiger partial charge on any atom is 0.273 e. The molecular weight excluding hydrogens is 329 g/mol. The number of nitrogens with one attached hydrogen (secondary N) is 1. The van der Waals surface area contributed by atoms with Gasteiger partial charge in [-0.3, -0.25) is 9.52 Å². The lowest BCUT2D eigenvalue weighted by Gasteiger charge is -2.08. The van der Waals surface area contributed by atoms with Crippen molar-refractivity contribution in [2.24, 2.45) is 5.73 Å². The van der Waals surface area contributed by atoms with Crippen LogP contribution in [0.15, 0.2) is 28.6 Å². The molecule has 3 N–H and O–H groups in total. The Morgan fingerprint density at radius 2 is 2.15 bits per heavy atom. The minimum absolute atomic E-state index is 0.0218. The molecule has 0 aliphatic heterocycles. The zero-order valence-electron chi connectivity index (χ0n) is 9.63. The number of carbonyl (C=O) groups excluding carboxylic acids is 1. The molecule has 0 aliphatic carbocycles. The third-order valence-corrected chi connectivity index (χ3v) is 5.16. The number of thiazole rings is 1. The first-order valence-corrected chi connectivity index (χ1v) is 7.71. The topological polar surface area (TPSA) is 102 Å². The van der Waals surface area contributed by atoms with Crippen LogP contribution in [0.1, 0.15) is 10.4 Å². The van der Waals surface area contributed by atoms with E-state index in [1.54, 1.807) is 0 Å². The van der Waals surface area contributed by atoms with Crippen LogP contribution in [0.2, 0.25) is 4.47 Å². The van der Waals surface area contributed by atoms with Gasteiger partial charge in [-0.1, -0.05) is 22.9 Å². The molecule has 106 valence electrons. The first-order chi connectivity index (χ1) is 9.29. The first-order valence-electron chi connectivity index (χ1n) is 5.03. The predicted octanol–water partition coefficient (Wildman–Crippen LogP) is 1.84. The highest BCUT2D eigenvalue weighted by Crippen LogP contribution is 2.26. The summed E-state index contributed by atoms with van der Waals surface area (Å²) in [5.74, 6) is -1.64. The summed E-state index contributed by atoms with van der Waals surface area (Å²) in [6, 6.07) is 3.11. The second kappa shape index (κ2) is 5.35. The van der Waals surface area contributed by atoms with Crippen molar-refractivity contribution in [2.45, 2.75) is 4.21 Å². The smallest absolute Gasteiger partial charge is 0.273 e. The van der Waals surface area contributed by atoms with E-state index in [9.17, 15) is 17.6 Å². The van der Waals surface area contributed by atoms with E-state index < -0.39 is 21.7 Å². The van der Waals surface area contributed by atoms with Crippen LogP contribution in [0, 0.1) is 5.82 Å². The SMILES string of the molecule is NC(=O)c1ccc(F)c(NS(=O)(=O)c2cnc(Cl)s2)c1. The van der Waals surface area contributed by atoms with Crippen LogP contribution in [0.5, 0.6) is 0 Å². The van der Waals surface area contributed by atoms with Crippen molar-refractivity contribution in [1.29, 1.82) is 0 Å². The zero-order valence-corrected chi connectivity index (χ0v) is 12.0. The summed E-state index contributed by atoms with van der Waals surface area (Å²) < 4.78 is 39.4. The summed E-state index contributed by atoms with van der Waals surface area (Å²) in [6.45, 7) is 0. The molecular formula is C10H7ClFN3O3S2. The monoisotopic (exact) mass is 335 g/mol. The van der Waals surface area contributed by atoms with Gasteiger partial charge in [-0.2, -0.15) is 0 Å². The van der Waals surface area contributed by atoms with Gasteiger partial charge in [-0.25, -0.2) is 17.8 Å². The average Bonchev–Trinajstić information content (AvgIpc) is 2.79. The Morgan fingerprint density at radius 3 is 2.70 bits per heavy atom. The van der Waals surface area contributed by atoms with Crippen molar-refractivity contribution < 1.29 is 17.6 Å². The zero-order chi connectivity index (χ0) is 14.9. The Morgan fingerprint density at radius 1 is 1.45 bits per heavy atom. The van der Waals surface area contributed by atoms with Gasteiger partial charge in [-0.05, 0) is 18.2 Å². The molecule has 0 saturated carbocycles. The van der Waals surface area contributed by atoms with Crippen LogP contribution in [0.25, 0.3) is 0 Å². The molecule has 0 atom stereocenters. The number of nitrogens with two attached hydrogens (primary N) is 1. The van der Waals surface area contributed by atoms with Gasteiger partial charge in [0.05, 0.1) is 11.9 Å². The highest BCUT2D eigenvalue weighted by molar-refractivity contribution is 7.94. The van der Waals surface area contributed by atoms with Gasteiger partial charge in [-0.15, -0.1) is 0 Å². The summed E-state index contributed by atoms with van der Waals surface area (Å²) in [5, 5.41) is 0. The largest absolute Gasteiger partial charge is 0.366 e. The van der Waals surface area contributed by atoms with Gasteiger partial charge < -0.3 is 5.73 Å². The molecule has 10 heteroatoms. The molecule has 0 fully saturated rings. The van der Waals surface area contributed by atoms with E-state index in [-0.39, 0.29) is 19.9 Å². The summed E-state index contributed by atoms with van der Waals surface area (Å²) in [7, 11) is -4.03. The maximum atomic E-state index is 13.6. The van der Waals surface area contributed by atoms with Gasteiger partial charge in [0.15, 0.2) is 8.68 Å². The average molecular weight is 336 g/mol. The number of hydrogen-bond donors (Lipinski definition) is 2. The summed E-state index contributed by atoms with van der Waals surface area (Å²) in [4.78, 5) is 14.6. The lowest BCUT2D eigenvalue weighted by molar-refractivity contribution is 0.100. The quantitative estimate of drug-likeness (QED) is 0.889. The Balaban J connectivity index is 2.39. The normalized spacial score (nSPS) is 11.3. The molecule has 0 saturated heterocycles. The van der Waals surface area contributed by atoms with E-state index in [0.29, 0.717) is 0 Å². The molecule has 0 aliphatic rings. The maximum absolute atomic E-state index is 13.6. The molecule has 6 nitrogen and oxygen atoms in total. The van der Waals surface area contributed by atoms with E-state index in [1.165, 1.54) is 0 Å². The summed E-state index contributed by atoms with van der Waals surface area (Å²) in [6.07, 6.45) is 1.05. The van der Waals surface area contributed by atoms with Crippen molar-refractivity contribution in [1.82, 2.24) is 4.98 Å². The molecule has 0 spiro atoms. The fourth-order valence-electron chi connectivity index (χ4n) is 1.32. The molecule has 20 heavy (non-hydrogen) atoms. The first kappa shape index (κ1) is 14.7. The number of hydrogen-bond acceptors (Lipinski definition) is 5. The molecule has 2 aromatic rings. The fourth-order valence-corrected chi connectivity index (χ4v) is 3.67. The lowest BCUT2D eigenvalue weighted by Crippen LogP contribution is -2.15. The predicted molar refractivity (Wildman–Crippen MR) is 72.9 cm³/mol. The second-order valence-electron chi connectivity index (χ2n) is 3.60. The Labute approximate surface area is 122 Å². The van der Waals surface area contributed by atoms with Crippen LogP contribution in [0.4, 0.5) is 10.1 Å².